The molecule has 0 aliphatic carbocycles. The molecular formula is C14H20N4. The van der Waals surface area contributed by atoms with Crippen molar-refractivity contribution in [2.24, 2.45) is 5.73 Å². The molecular weight excluding hydrogens is 224 g/mol. The van der Waals surface area contributed by atoms with Crippen LogP contribution in [0.1, 0.15) is 42.7 Å². The highest BCUT2D eigenvalue weighted by Crippen LogP contribution is 2.15. The maximum Gasteiger partial charge on any atom is 0.147 e. The van der Waals surface area contributed by atoms with E-state index in [1.165, 1.54) is 11.1 Å². The summed E-state index contributed by atoms with van der Waals surface area (Å²) in [7, 11) is 0. The van der Waals surface area contributed by atoms with Gasteiger partial charge < -0.3 is 10.3 Å². The lowest BCUT2D eigenvalue weighted by atomic mass is 10.1. The molecule has 0 aliphatic heterocycles. The smallest absolute Gasteiger partial charge is 0.147 e. The quantitative estimate of drug-likeness (QED) is 0.897. The predicted molar refractivity (Wildman–Crippen MR) is 72.3 cm³/mol. The van der Waals surface area contributed by atoms with Crippen molar-refractivity contribution in [3.63, 3.8) is 0 Å². The molecule has 0 amide bonds. The molecule has 2 rings (SSSR count). The Bertz CT molecular complexity index is 528. The largest absolute Gasteiger partial charge is 0.324 e. The Morgan fingerprint density at radius 1 is 1.22 bits per heavy atom. The van der Waals surface area contributed by atoms with E-state index in [-0.39, 0.29) is 0 Å². The number of aromatic nitrogens is 3. The molecule has 0 fully saturated rings. The van der Waals surface area contributed by atoms with Gasteiger partial charge in [0, 0.05) is 12.5 Å². The minimum absolute atomic E-state index is 0.332. The fourth-order valence-electron chi connectivity index (χ4n) is 2.22. The second-order valence-electron chi connectivity index (χ2n) is 4.87. The van der Waals surface area contributed by atoms with Gasteiger partial charge in [-0.1, -0.05) is 29.8 Å². The summed E-state index contributed by atoms with van der Waals surface area (Å²) in [4.78, 5) is 0. The first-order valence-electron chi connectivity index (χ1n) is 6.30. The van der Waals surface area contributed by atoms with Gasteiger partial charge >= 0.3 is 0 Å². The van der Waals surface area contributed by atoms with Gasteiger partial charge in [0.2, 0.25) is 0 Å². The summed E-state index contributed by atoms with van der Waals surface area (Å²) in [6.45, 7) is 6.78. The third-order valence-electron chi connectivity index (χ3n) is 2.98. The SMILES string of the molecule is Cc1cccc(Cc2nnc(CN)n2C(C)C)c1. The Morgan fingerprint density at radius 2 is 1.94 bits per heavy atom. The normalized spacial score (nSPS) is 11.2. The fourth-order valence-corrected chi connectivity index (χ4v) is 2.22. The number of rotatable bonds is 4. The highest BCUT2D eigenvalue weighted by Gasteiger charge is 2.13. The first-order chi connectivity index (χ1) is 8.61. The summed E-state index contributed by atoms with van der Waals surface area (Å²) in [6.07, 6.45) is 0.798. The number of nitrogens with two attached hydrogens (primary N) is 1. The molecule has 0 atom stereocenters. The van der Waals surface area contributed by atoms with Gasteiger partial charge in [0.25, 0.3) is 0 Å². The van der Waals surface area contributed by atoms with Crippen molar-refractivity contribution in [1.82, 2.24) is 14.8 Å². The van der Waals surface area contributed by atoms with Crippen LogP contribution in [-0.2, 0) is 13.0 Å². The number of benzene rings is 1. The van der Waals surface area contributed by atoms with E-state index in [4.69, 9.17) is 5.73 Å². The minimum Gasteiger partial charge on any atom is -0.324 e. The summed E-state index contributed by atoms with van der Waals surface area (Å²) in [6, 6.07) is 8.81. The molecule has 1 aromatic carbocycles. The van der Waals surface area contributed by atoms with E-state index in [2.05, 4.69) is 59.8 Å². The average molecular weight is 244 g/mol. The zero-order valence-electron chi connectivity index (χ0n) is 11.2. The van der Waals surface area contributed by atoms with Crippen LogP contribution in [-0.4, -0.2) is 14.8 Å². The Labute approximate surface area is 108 Å². The van der Waals surface area contributed by atoms with E-state index in [9.17, 15) is 0 Å². The maximum atomic E-state index is 5.70. The lowest BCUT2D eigenvalue weighted by Crippen LogP contribution is -2.13. The second-order valence-corrected chi connectivity index (χ2v) is 4.87. The molecule has 1 heterocycles. The Kier molecular flexibility index (Phi) is 3.77. The van der Waals surface area contributed by atoms with Crippen LogP contribution in [0.15, 0.2) is 24.3 Å². The number of nitrogens with zero attached hydrogens (tertiary/aromatic N) is 3. The predicted octanol–water partition coefficient (Wildman–Crippen LogP) is 2.22. The van der Waals surface area contributed by atoms with Crippen molar-refractivity contribution in [1.29, 1.82) is 0 Å². The van der Waals surface area contributed by atoms with Gasteiger partial charge in [0.1, 0.15) is 11.6 Å². The van der Waals surface area contributed by atoms with Crippen molar-refractivity contribution in [3.05, 3.63) is 47.0 Å². The highest BCUT2D eigenvalue weighted by atomic mass is 15.3. The first kappa shape index (κ1) is 12.8. The number of aryl methyl sites for hydroxylation is 1. The van der Waals surface area contributed by atoms with Crippen LogP contribution in [0.3, 0.4) is 0 Å². The van der Waals surface area contributed by atoms with Crippen LogP contribution in [0.2, 0.25) is 0 Å². The molecule has 0 radical (unpaired) electrons. The van der Waals surface area contributed by atoms with E-state index in [1.54, 1.807) is 0 Å². The van der Waals surface area contributed by atoms with Crippen molar-refractivity contribution in [3.8, 4) is 0 Å². The van der Waals surface area contributed by atoms with Crippen LogP contribution in [0.4, 0.5) is 0 Å². The van der Waals surface area contributed by atoms with Gasteiger partial charge in [0.05, 0.1) is 6.54 Å². The molecule has 2 aromatic rings. The Morgan fingerprint density at radius 3 is 2.56 bits per heavy atom. The molecule has 0 bridgehead atoms. The van der Waals surface area contributed by atoms with E-state index in [0.29, 0.717) is 12.6 Å². The van der Waals surface area contributed by atoms with E-state index >= 15 is 0 Å². The molecule has 0 spiro atoms. The van der Waals surface area contributed by atoms with Gasteiger partial charge in [-0.2, -0.15) is 0 Å². The molecule has 18 heavy (non-hydrogen) atoms. The molecule has 2 N–H and O–H groups in total. The monoisotopic (exact) mass is 244 g/mol. The standard InChI is InChI=1S/C14H20N4/c1-10(2)18-13(16-17-14(18)9-15)8-12-6-4-5-11(3)7-12/h4-7,10H,8-9,15H2,1-3H3. The van der Waals surface area contributed by atoms with Crippen LogP contribution < -0.4 is 5.73 Å². The second kappa shape index (κ2) is 5.31. The van der Waals surface area contributed by atoms with Gasteiger partial charge in [-0.25, -0.2) is 0 Å². The van der Waals surface area contributed by atoms with Crippen LogP contribution in [0, 0.1) is 6.92 Å². The lowest BCUT2D eigenvalue weighted by molar-refractivity contribution is 0.548. The molecule has 0 unspecified atom stereocenters. The van der Waals surface area contributed by atoms with E-state index in [0.717, 1.165) is 18.1 Å². The Hall–Kier alpha value is -1.68. The van der Waals surface area contributed by atoms with Gasteiger partial charge in [-0.3, -0.25) is 0 Å². The molecule has 1 aromatic heterocycles. The zero-order chi connectivity index (χ0) is 13.1. The summed E-state index contributed by atoms with van der Waals surface area (Å²) in [5.74, 6) is 1.84. The summed E-state index contributed by atoms with van der Waals surface area (Å²) >= 11 is 0. The first-order valence-corrected chi connectivity index (χ1v) is 6.30. The van der Waals surface area contributed by atoms with E-state index < -0.39 is 0 Å². The van der Waals surface area contributed by atoms with Gasteiger partial charge in [-0.05, 0) is 26.3 Å². The number of hydrogen-bond acceptors (Lipinski definition) is 3. The van der Waals surface area contributed by atoms with Crippen molar-refractivity contribution in [2.75, 3.05) is 0 Å². The molecule has 96 valence electrons. The van der Waals surface area contributed by atoms with E-state index in [1.807, 2.05) is 0 Å². The third kappa shape index (κ3) is 2.59. The molecule has 0 saturated carbocycles. The Balaban J connectivity index is 2.32. The molecule has 0 aliphatic rings. The fraction of sp³-hybridized carbons (Fsp3) is 0.429. The van der Waals surface area contributed by atoms with Crippen molar-refractivity contribution >= 4 is 0 Å². The summed E-state index contributed by atoms with van der Waals surface area (Å²) in [5.41, 5.74) is 8.22. The highest BCUT2D eigenvalue weighted by molar-refractivity contribution is 5.25. The summed E-state index contributed by atoms with van der Waals surface area (Å²) in [5, 5.41) is 8.43. The van der Waals surface area contributed by atoms with Crippen molar-refractivity contribution < 1.29 is 0 Å². The average Bonchev–Trinajstić information content (AvgIpc) is 2.72. The minimum atomic E-state index is 0.332. The van der Waals surface area contributed by atoms with Crippen LogP contribution in [0.5, 0.6) is 0 Å². The maximum absolute atomic E-state index is 5.70. The number of hydrogen-bond donors (Lipinski definition) is 1. The lowest BCUT2D eigenvalue weighted by Gasteiger charge is -2.13. The third-order valence-corrected chi connectivity index (χ3v) is 2.98. The molecule has 0 saturated heterocycles. The molecule has 4 nitrogen and oxygen atoms in total. The van der Waals surface area contributed by atoms with Gasteiger partial charge in [0.15, 0.2) is 0 Å². The molecule has 4 heteroatoms. The topological polar surface area (TPSA) is 56.7 Å². The summed E-state index contributed by atoms with van der Waals surface area (Å²) < 4.78 is 2.13. The zero-order valence-corrected chi connectivity index (χ0v) is 11.2. The van der Waals surface area contributed by atoms with Gasteiger partial charge in [-0.15, -0.1) is 10.2 Å². The van der Waals surface area contributed by atoms with Crippen LogP contribution in [0.25, 0.3) is 0 Å². The van der Waals surface area contributed by atoms with Crippen molar-refractivity contribution in [2.45, 2.75) is 39.8 Å². The van der Waals surface area contributed by atoms with Crippen LogP contribution >= 0.6 is 0 Å².